The van der Waals surface area contributed by atoms with Crippen LogP contribution in [0.2, 0.25) is 5.02 Å². The third-order valence-electron chi connectivity index (χ3n) is 3.20. The van der Waals surface area contributed by atoms with Gasteiger partial charge in [-0.25, -0.2) is 8.78 Å². The maximum absolute atomic E-state index is 14.0. The number of benzene rings is 2. The molecule has 0 bridgehead atoms. The van der Waals surface area contributed by atoms with Crippen molar-refractivity contribution in [3.63, 3.8) is 0 Å². The van der Waals surface area contributed by atoms with Gasteiger partial charge in [-0.15, -0.1) is 0 Å². The van der Waals surface area contributed by atoms with E-state index in [1.165, 1.54) is 11.0 Å². The van der Waals surface area contributed by atoms with Gasteiger partial charge in [-0.05, 0) is 42.8 Å². The molecule has 0 unspecified atom stereocenters. The Labute approximate surface area is 154 Å². The Morgan fingerprint density at radius 1 is 1.17 bits per heavy atom. The number of unbranched alkanes of at least 4 members (excludes halogenated alkanes) is 1. The number of anilines is 1. The first kappa shape index (κ1) is 19.8. The maximum atomic E-state index is 14.0. The predicted molar refractivity (Wildman–Crippen MR) is 83.2 cm³/mol. The first-order valence-electron chi connectivity index (χ1n) is 6.97. The molecule has 0 atom stereocenters. The average molecular weight is 371 g/mol. The van der Waals surface area contributed by atoms with Gasteiger partial charge in [0.05, 0.1) is 11.8 Å². The van der Waals surface area contributed by atoms with Gasteiger partial charge in [0.25, 0.3) is 5.91 Å². The summed E-state index contributed by atoms with van der Waals surface area (Å²) >= 11 is 5.81. The first-order chi connectivity index (χ1) is 10.5. The number of hydrogen-bond donors (Lipinski definition) is 0. The zero-order chi connectivity index (χ0) is 16.1. The number of hydrogen-bond acceptors (Lipinski definition) is 1. The van der Waals surface area contributed by atoms with E-state index in [4.69, 9.17) is 11.6 Å². The third kappa shape index (κ3) is 5.13. The molecule has 0 aliphatic heterocycles. The molecule has 0 heterocycles. The Kier molecular flexibility index (Phi) is 7.90. The second-order valence-corrected chi connectivity index (χ2v) is 5.26. The van der Waals surface area contributed by atoms with Gasteiger partial charge >= 0.3 is 0 Å². The van der Waals surface area contributed by atoms with E-state index >= 15 is 0 Å². The van der Waals surface area contributed by atoms with E-state index in [2.05, 4.69) is 0 Å². The van der Waals surface area contributed by atoms with Gasteiger partial charge in [-0.3, -0.25) is 4.79 Å². The smallest absolute Gasteiger partial charge is 0.258 e. The molecule has 0 aliphatic rings. The second kappa shape index (κ2) is 9.16. The van der Waals surface area contributed by atoms with Crippen molar-refractivity contribution < 1.29 is 35.3 Å². The molecule has 2 aromatic rings. The molecule has 1 amide bonds. The molecule has 2 nitrogen and oxygen atoms in total. The van der Waals surface area contributed by atoms with Gasteiger partial charge in [0.1, 0.15) is 5.82 Å². The van der Waals surface area contributed by atoms with Crippen molar-refractivity contribution in [2.75, 3.05) is 11.4 Å². The number of amides is 1. The van der Waals surface area contributed by atoms with Crippen molar-refractivity contribution in [2.24, 2.45) is 0 Å². The monoisotopic (exact) mass is 370 g/mol. The Morgan fingerprint density at radius 2 is 1.83 bits per heavy atom. The van der Waals surface area contributed by atoms with Crippen LogP contribution < -0.4 is 4.90 Å². The van der Waals surface area contributed by atoms with E-state index in [0.717, 1.165) is 12.5 Å². The Hall–Kier alpha value is -1.23. The van der Waals surface area contributed by atoms with Crippen LogP contribution in [0.25, 0.3) is 0 Å². The van der Waals surface area contributed by atoms with E-state index in [1.54, 1.807) is 24.3 Å². The number of rotatable bonds is 5. The van der Waals surface area contributed by atoms with Crippen LogP contribution in [0.4, 0.5) is 14.5 Å². The summed E-state index contributed by atoms with van der Waals surface area (Å²) in [6, 6.07) is 10.7. The van der Waals surface area contributed by atoms with Crippen LogP contribution in [-0.4, -0.2) is 12.5 Å². The van der Waals surface area contributed by atoms with E-state index in [0.29, 0.717) is 23.6 Å². The molecule has 0 spiro atoms. The summed E-state index contributed by atoms with van der Waals surface area (Å²) < 4.78 is 27.0. The molecule has 0 N–H and O–H groups in total. The molecule has 2 aromatic carbocycles. The minimum absolute atomic E-state index is 0. The SMILES string of the molecule is CCCCN(C(=O)c1ccc(Cl)cc1)c1ccc(F)[c]c1F.[Ti]. The standard InChI is InChI=1S/C17H15ClF2NO.Ti/c1-2-3-10-21(16-9-8-14(19)11-15(16)20)17(22)12-4-6-13(18)7-5-12;/h4-9H,2-3,10H2,1H3;. The summed E-state index contributed by atoms with van der Waals surface area (Å²) in [5.74, 6) is -2.03. The molecule has 6 heteroatoms. The maximum Gasteiger partial charge on any atom is 0.258 e. The van der Waals surface area contributed by atoms with Gasteiger partial charge in [-0.1, -0.05) is 24.9 Å². The summed E-state index contributed by atoms with van der Waals surface area (Å²) in [6.07, 6.45) is 1.55. The molecular formula is C17H15ClF2NOTi. The topological polar surface area (TPSA) is 20.3 Å². The number of nitrogens with zero attached hydrogens (tertiary/aromatic N) is 1. The number of carbonyl (C=O) groups excluding carboxylic acids is 1. The minimum atomic E-state index is -0.876. The quantitative estimate of drug-likeness (QED) is 0.688. The van der Waals surface area contributed by atoms with Gasteiger partial charge < -0.3 is 4.90 Å². The summed E-state index contributed by atoms with van der Waals surface area (Å²) in [4.78, 5) is 13.9. The van der Waals surface area contributed by atoms with Gasteiger partial charge in [0, 0.05) is 38.8 Å². The fourth-order valence-electron chi connectivity index (χ4n) is 2.04. The first-order valence-corrected chi connectivity index (χ1v) is 7.35. The minimum Gasteiger partial charge on any atom is -0.306 e. The fourth-order valence-corrected chi connectivity index (χ4v) is 2.17. The number of halogens is 3. The van der Waals surface area contributed by atoms with E-state index in [1.807, 2.05) is 13.0 Å². The van der Waals surface area contributed by atoms with Crippen LogP contribution in [0, 0.1) is 17.7 Å². The van der Waals surface area contributed by atoms with Crippen LogP contribution in [0.3, 0.4) is 0 Å². The molecule has 2 rings (SSSR count). The van der Waals surface area contributed by atoms with Crippen molar-refractivity contribution in [1.82, 2.24) is 0 Å². The zero-order valence-electron chi connectivity index (χ0n) is 12.6. The molecule has 0 saturated carbocycles. The second-order valence-electron chi connectivity index (χ2n) is 4.82. The average Bonchev–Trinajstić information content (AvgIpc) is 2.49. The summed E-state index contributed by atoms with van der Waals surface area (Å²) in [5.41, 5.74) is 0.416. The van der Waals surface area contributed by atoms with E-state index in [-0.39, 0.29) is 33.3 Å². The van der Waals surface area contributed by atoms with Crippen LogP contribution in [-0.2, 0) is 21.7 Å². The number of carbonyl (C=O) groups is 1. The van der Waals surface area contributed by atoms with Crippen LogP contribution in [0.1, 0.15) is 30.1 Å². The molecular weight excluding hydrogens is 356 g/mol. The third-order valence-corrected chi connectivity index (χ3v) is 3.46. The van der Waals surface area contributed by atoms with Gasteiger partial charge in [0.15, 0.2) is 5.82 Å². The fraction of sp³-hybridized carbons (Fsp3) is 0.235. The molecule has 0 fully saturated rings. The van der Waals surface area contributed by atoms with Crippen molar-refractivity contribution in [3.8, 4) is 0 Å². The van der Waals surface area contributed by atoms with E-state index < -0.39 is 11.6 Å². The molecule has 0 saturated heterocycles. The van der Waals surface area contributed by atoms with E-state index in [9.17, 15) is 13.6 Å². The molecule has 119 valence electrons. The Balaban J connectivity index is 0.00000264. The van der Waals surface area contributed by atoms with Crippen molar-refractivity contribution >= 4 is 23.2 Å². The molecule has 0 aromatic heterocycles. The predicted octanol–water partition coefficient (Wildman–Crippen LogP) is 4.86. The van der Waals surface area contributed by atoms with Gasteiger partial charge in [-0.2, -0.15) is 0 Å². The van der Waals surface area contributed by atoms with Gasteiger partial charge in [0.2, 0.25) is 0 Å². The van der Waals surface area contributed by atoms with Crippen molar-refractivity contribution in [3.05, 3.63) is 64.7 Å². The zero-order valence-corrected chi connectivity index (χ0v) is 14.9. The summed E-state index contributed by atoms with van der Waals surface area (Å²) in [5, 5.41) is 0.512. The molecule has 23 heavy (non-hydrogen) atoms. The summed E-state index contributed by atoms with van der Waals surface area (Å²) in [7, 11) is 0. The van der Waals surface area contributed by atoms with Crippen LogP contribution in [0.15, 0.2) is 36.4 Å². The van der Waals surface area contributed by atoms with Crippen LogP contribution >= 0.6 is 11.6 Å². The summed E-state index contributed by atoms with van der Waals surface area (Å²) in [6.45, 7) is 2.31. The normalized spacial score (nSPS) is 10.1. The molecule has 1 radical (unpaired) electrons. The molecule has 0 aliphatic carbocycles. The Bertz CT molecular complexity index is 664. The van der Waals surface area contributed by atoms with Crippen LogP contribution in [0.5, 0.6) is 0 Å². The van der Waals surface area contributed by atoms with Crippen molar-refractivity contribution in [1.29, 1.82) is 0 Å². The largest absolute Gasteiger partial charge is 0.306 e. The Morgan fingerprint density at radius 3 is 2.39 bits per heavy atom. The van der Waals surface area contributed by atoms with Crippen molar-refractivity contribution in [2.45, 2.75) is 19.8 Å².